The van der Waals surface area contributed by atoms with Crippen molar-refractivity contribution < 1.29 is 13.2 Å². The lowest BCUT2D eigenvalue weighted by Gasteiger charge is -2.18. The first-order valence-corrected chi connectivity index (χ1v) is 8.30. The lowest BCUT2D eigenvalue weighted by molar-refractivity contribution is -0.140. The van der Waals surface area contributed by atoms with Crippen molar-refractivity contribution in [2.24, 2.45) is 4.99 Å². The van der Waals surface area contributed by atoms with Gasteiger partial charge in [0.05, 0.1) is 12.6 Å². The average Bonchev–Trinajstić information content (AvgIpc) is 3.00. The second-order valence-electron chi connectivity index (χ2n) is 4.94. The van der Waals surface area contributed by atoms with Crippen LogP contribution in [0.2, 0.25) is 5.02 Å². The minimum Gasteiger partial charge on any atom is -0.350 e. The normalized spacial score (nSPS) is 13.7. The van der Waals surface area contributed by atoms with E-state index in [0.29, 0.717) is 16.0 Å². The Kier molecular flexibility index (Phi) is 6.06. The van der Waals surface area contributed by atoms with Gasteiger partial charge in [-0.25, -0.2) is 4.98 Å². The monoisotopic (exact) mass is 376 g/mol. The van der Waals surface area contributed by atoms with Crippen LogP contribution in [0.25, 0.3) is 0 Å². The molecule has 0 saturated heterocycles. The van der Waals surface area contributed by atoms with Crippen molar-refractivity contribution in [3.05, 3.63) is 50.9 Å². The van der Waals surface area contributed by atoms with E-state index in [1.165, 1.54) is 0 Å². The molecule has 0 radical (unpaired) electrons. The summed E-state index contributed by atoms with van der Waals surface area (Å²) in [4.78, 5) is 7.63. The first-order chi connectivity index (χ1) is 11.3. The molecule has 1 heterocycles. The molecule has 2 rings (SSSR count). The first-order valence-electron chi connectivity index (χ1n) is 7.04. The summed E-state index contributed by atoms with van der Waals surface area (Å²) in [5.41, 5.74) is 0.0207. The summed E-state index contributed by atoms with van der Waals surface area (Å²) in [6.45, 7) is 2.06. The van der Waals surface area contributed by atoms with Gasteiger partial charge >= 0.3 is 6.18 Å². The number of alkyl halides is 3. The van der Waals surface area contributed by atoms with Crippen LogP contribution in [0.4, 0.5) is 13.2 Å². The molecule has 0 spiro atoms. The Morgan fingerprint density at radius 3 is 2.67 bits per heavy atom. The Morgan fingerprint density at radius 2 is 2.08 bits per heavy atom. The van der Waals surface area contributed by atoms with Crippen LogP contribution in [-0.2, 0) is 12.7 Å². The molecular formula is C15H16ClF3N4S. The van der Waals surface area contributed by atoms with Crippen LogP contribution in [0.3, 0.4) is 0 Å². The second-order valence-corrected chi connectivity index (χ2v) is 6.29. The number of aliphatic imine (C=N–C) groups is 1. The Morgan fingerprint density at radius 1 is 1.38 bits per heavy atom. The number of halogens is 4. The third-order valence-corrected chi connectivity index (χ3v) is 4.39. The summed E-state index contributed by atoms with van der Waals surface area (Å²) in [6.07, 6.45) is -4.42. The molecule has 4 nitrogen and oxygen atoms in total. The fourth-order valence-electron chi connectivity index (χ4n) is 1.99. The number of guanidine groups is 1. The summed E-state index contributed by atoms with van der Waals surface area (Å²) in [5, 5.41) is 8.04. The minimum absolute atomic E-state index is 0.119. The molecule has 0 saturated carbocycles. The Hall–Kier alpha value is -1.80. The van der Waals surface area contributed by atoms with Gasteiger partial charge in [0.25, 0.3) is 0 Å². The predicted molar refractivity (Wildman–Crippen MR) is 90.3 cm³/mol. The topological polar surface area (TPSA) is 49.3 Å². The highest BCUT2D eigenvalue weighted by Crippen LogP contribution is 2.30. The van der Waals surface area contributed by atoms with Crippen molar-refractivity contribution in [2.45, 2.75) is 25.7 Å². The van der Waals surface area contributed by atoms with E-state index in [-0.39, 0.29) is 12.6 Å². The summed E-state index contributed by atoms with van der Waals surface area (Å²) in [5.74, 6) is 0.450. The standard InChI is InChI=1S/C15H16ClF3N4S/c1-9(10-5-3-4-6-11(10)16)22-14(20-2)21-7-13-23-12(8-24-13)15(17,18)19/h3-6,8-9H,7H2,1-2H3,(H2,20,21,22). The molecule has 24 heavy (non-hydrogen) atoms. The molecule has 0 bridgehead atoms. The van der Waals surface area contributed by atoms with Crippen LogP contribution in [0.1, 0.15) is 29.2 Å². The quantitative estimate of drug-likeness (QED) is 0.619. The van der Waals surface area contributed by atoms with Gasteiger partial charge < -0.3 is 10.6 Å². The van der Waals surface area contributed by atoms with Crippen LogP contribution >= 0.6 is 22.9 Å². The zero-order chi connectivity index (χ0) is 17.7. The smallest absolute Gasteiger partial charge is 0.350 e. The van der Waals surface area contributed by atoms with Crippen LogP contribution in [-0.4, -0.2) is 18.0 Å². The number of nitrogens with one attached hydrogen (secondary N) is 2. The molecular weight excluding hydrogens is 361 g/mol. The highest BCUT2D eigenvalue weighted by Gasteiger charge is 2.33. The van der Waals surface area contributed by atoms with Crippen LogP contribution in [0.15, 0.2) is 34.6 Å². The fourth-order valence-corrected chi connectivity index (χ4v) is 3.03. The third kappa shape index (κ3) is 4.85. The van der Waals surface area contributed by atoms with Crippen LogP contribution < -0.4 is 10.6 Å². The molecule has 0 aliphatic rings. The summed E-state index contributed by atoms with van der Waals surface area (Å²) in [7, 11) is 1.58. The molecule has 130 valence electrons. The van der Waals surface area contributed by atoms with Crippen molar-refractivity contribution in [1.82, 2.24) is 15.6 Å². The second kappa shape index (κ2) is 7.85. The molecule has 1 unspecified atom stereocenters. The Balaban J connectivity index is 1.96. The first kappa shape index (κ1) is 18.5. The van der Waals surface area contributed by atoms with E-state index in [4.69, 9.17) is 11.6 Å². The summed E-state index contributed by atoms with van der Waals surface area (Å²) >= 11 is 7.10. The third-order valence-electron chi connectivity index (χ3n) is 3.20. The molecule has 0 aliphatic heterocycles. The maximum absolute atomic E-state index is 12.5. The van der Waals surface area contributed by atoms with Gasteiger partial charge in [-0.3, -0.25) is 4.99 Å². The number of rotatable bonds is 4. The van der Waals surface area contributed by atoms with Crippen LogP contribution in [0.5, 0.6) is 0 Å². The maximum Gasteiger partial charge on any atom is 0.434 e. The SMILES string of the molecule is CN=C(NCc1nc(C(F)(F)F)cs1)NC(C)c1ccccc1Cl. The zero-order valence-electron chi connectivity index (χ0n) is 13.0. The van der Waals surface area contributed by atoms with Crippen molar-refractivity contribution in [1.29, 1.82) is 0 Å². The van der Waals surface area contributed by atoms with Crippen molar-refractivity contribution in [3.63, 3.8) is 0 Å². The largest absolute Gasteiger partial charge is 0.434 e. The summed E-state index contributed by atoms with van der Waals surface area (Å²) in [6, 6.07) is 7.28. The van der Waals surface area contributed by atoms with Gasteiger partial charge in [-0.05, 0) is 18.6 Å². The van der Waals surface area contributed by atoms with Gasteiger partial charge in [0.1, 0.15) is 5.01 Å². The number of benzene rings is 1. The maximum atomic E-state index is 12.5. The van der Waals surface area contributed by atoms with E-state index in [1.54, 1.807) is 13.1 Å². The van der Waals surface area contributed by atoms with Gasteiger partial charge in [-0.15, -0.1) is 11.3 Å². The molecule has 0 amide bonds. The van der Waals surface area contributed by atoms with E-state index in [9.17, 15) is 13.2 Å². The molecule has 1 aromatic heterocycles. The Bertz CT molecular complexity index is 715. The molecule has 2 aromatic rings. The highest BCUT2D eigenvalue weighted by molar-refractivity contribution is 7.09. The minimum atomic E-state index is -4.42. The van der Waals surface area contributed by atoms with E-state index in [1.807, 2.05) is 25.1 Å². The number of aromatic nitrogens is 1. The molecule has 9 heteroatoms. The lowest BCUT2D eigenvalue weighted by Crippen LogP contribution is -2.38. The van der Waals surface area contributed by atoms with E-state index in [2.05, 4.69) is 20.6 Å². The fraction of sp³-hybridized carbons (Fsp3) is 0.333. The van der Waals surface area contributed by atoms with Gasteiger partial charge in [-0.2, -0.15) is 13.2 Å². The zero-order valence-corrected chi connectivity index (χ0v) is 14.6. The predicted octanol–water partition coefficient (Wildman–Crippen LogP) is 4.24. The molecule has 2 N–H and O–H groups in total. The van der Waals surface area contributed by atoms with Crippen molar-refractivity contribution in [3.8, 4) is 0 Å². The van der Waals surface area contributed by atoms with Gasteiger partial charge in [0.15, 0.2) is 11.7 Å². The van der Waals surface area contributed by atoms with Crippen molar-refractivity contribution >= 4 is 28.9 Å². The van der Waals surface area contributed by atoms with Gasteiger partial charge in [0, 0.05) is 17.5 Å². The van der Waals surface area contributed by atoms with Gasteiger partial charge in [-0.1, -0.05) is 29.8 Å². The van der Waals surface area contributed by atoms with Gasteiger partial charge in [0.2, 0.25) is 0 Å². The molecule has 1 atom stereocenters. The van der Waals surface area contributed by atoms with Crippen LogP contribution in [0, 0.1) is 0 Å². The molecule has 0 fully saturated rings. The number of hydrogen-bond acceptors (Lipinski definition) is 3. The Labute approximate surface area is 146 Å². The molecule has 0 aliphatic carbocycles. The van der Waals surface area contributed by atoms with E-state index in [0.717, 1.165) is 22.3 Å². The number of hydrogen-bond donors (Lipinski definition) is 2. The average molecular weight is 377 g/mol. The number of thiazole rings is 1. The highest BCUT2D eigenvalue weighted by atomic mass is 35.5. The molecule has 1 aromatic carbocycles. The number of nitrogens with zero attached hydrogens (tertiary/aromatic N) is 2. The summed E-state index contributed by atoms with van der Waals surface area (Å²) < 4.78 is 37.6. The van der Waals surface area contributed by atoms with Crippen molar-refractivity contribution in [2.75, 3.05) is 7.05 Å². The van der Waals surface area contributed by atoms with E-state index < -0.39 is 11.9 Å². The van der Waals surface area contributed by atoms with E-state index >= 15 is 0 Å². The lowest BCUT2D eigenvalue weighted by atomic mass is 10.1.